The van der Waals surface area contributed by atoms with E-state index in [0.717, 1.165) is 0 Å². The van der Waals surface area contributed by atoms with Crippen LogP contribution in [0.5, 0.6) is 0 Å². The molecule has 1 atom stereocenters. The van der Waals surface area contributed by atoms with Crippen LogP contribution in [0.4, 0.5) is 0 Å². The Morgan fingerprint density at radius 3 is 2.72 bits per heavy atom. The van der Waals surface area contributed by atoms with Crippen molar-refractivity contribution in [3.63, 3.8) is 0 Å². The zero-order chi connectivity index (χ0) is 13.7. The van der Waals surface area contributed by atoms with Gasteiger partial charge < -0.3 is 10.1 Å². The van der Waals surface area contributed by atoms with E-state index in [4.69, 9.17) is 16.3 Å². The fourth-order valence-corrected chi connectivity index (χ4v) is 1.62. The molecular weight excluding hydrogens is 256 g/mol. The lowest BCUT2D eigenvalue weighted by Crippen LogP contribution is -2.39. The Kier molecular flexibility index (Phi) is 5.09. The molecule has 1 aromatic heterocycles. The maximum Gasteiger partial charge on any atom is 0.328 e. The summed E-state index contributed by atoms with van der Waals surface area (Å²) in [5.74, 6) is -0.856. The van der Waals surface area contributed by atoms with E-state index in [2.05, 4.69) is 10.3 Å². The Labute approximate surface area is 110 Å². The fraction of sp³-hybridized carbons (Fsp3) is 0.417. The van der Waals surface area contributed by atoms with Crippen LogP contribution in [0.3, 0.4) is 0 Å². The lowest BCUT2D eigenvalue weighted by atomic mass is 10.2. The third-order valence-corrected chi connectivity index (χ3v) is 2.37. The number of amides is 1. The van der Waals surface area contributed by atoms with Crippen molar-refractivity contribution in [3.05, 3.63) is 28.5 Å². The lowest BCUT2D eigenvalue weighted by Gasteiger charge is -2.12. The molecule has 0 bridgehead atoms. The van der Waals surface area contributed by atoms with E-state index in [9.17, 15) is 9.59 Å². The molecule has 0 fully saturated rings. The number of pyridine rings is 1. The zero-order valence-electron chi connectivity index (χ0n) is 10.5. The van der Waals surface area contributed by atoms with E-state index in [-0.39, 0.29) is 17.7 Å². The minimum Gasteiger partial charge on any atom is -0.464 e. The maximum absolute atomic E-state index is 11.9. The normalized spacial score (nSPS) is 11.8. The number of hydrogen-bond donors (Lipinski definition) is 1. The molecule has 0 spiro atoms. The largest absolute Gasteiger partial charge is 0.464 e. The van der Waals surface area contributed by atoms with E-state index in [1.807, 2.05) is 0 Å². The smallest absolute Gasteiger partial charge is 0.328 e. The van der Waals surface area contributed by atoms with E-state index < -0.39 is 12.0 Å². The van der Waals surface area contributed by atoms with Gasteiger partial charge in [0.15, 0.2) is 0 Å². The molecule has 1 N–H and O–H groups in total. The number of nitrogens with zero attached hydrogens (tertiary/aromatic N) is 1. The van der Waals surface area contributed by atoms with Crippen molar-refractivity contribution in [2.45, 2.75) is 26.8 Å². The SMILES string of the molecule is CCOC(=O)C(C)NC(=O)c1cc(C)nc(Cl)c1. The molecule has 1 heterocycles. The summed E-state index contributed by atoms with van der Waals surface area (Å²) in [7, 11) is 0. The van der Waals surface area contributed by atoms with E-state index in [1.165, 1.54) is 6.07 Å². The predicted octanol–water partition coefficient (Wildman–Crippen LogP) is 1.72. The fourth-order valence-electron chi connectivity index (χ4n) is 1.37. The van der Waals surface area contributed by atoms with Gasteiger partial charge in [-0.1, -0.05) is 11.6 Å². The molecule has 98 valence electrons. The van der Waals surface area contributed by atoms with Crippen molar-refractivity contribution in [2.24, 2.45) is 0 Å². The van der Waals surface area contributed by atoms with Crippen LogP contribution >= 0.6 is 11.6 Å². The summed E-state index contributed by atoms with van der Waals surface area (Å²) < 4.78 is 4.80. The Morgan fingerprint density at radius 1 is 1.50 bits per heavy atom. The highest BCUT2D eigenvalue weighted by atomic mass is 35.5. The summed E-state index contributed by atoms with van der Waals surface area (Å²) in [5, 5.41) is 2.78. The van der Waals surface area contributed by atoms with Gasteiger partial charge >= 0.3 is 5.97 Å². The molecule has 0 saturated heterocycles. The van der Waals surface area contributed by atoms with E-state index >= 15 is 0 Å². The highest BCUT2D eigenvalue weighted by Gasteiger charge is 2.17. The second-order valence-electron chi connectivity index (χ2n) is 3.77. The standard InChI is InChI=1S/C12H15ClN2O3/c1-4-18-12(17)8(3)15-11(16)9-5-7(2)14-10(13)6-9/h5-6,8H,4H2,1-3H3,(H,15,16). The molecule has 1 rings (SSSR count). The summed E-state index contributed by atoms with van der Waals surface area (Å²) in [4.78, 5) is 27.2. The molecular formula is C12H15ClN2O3. The number of aromatic nitrogens is 1. The zero-order valence-corrected chi connectivity index (χ0v) is 11.2. The lowest BCUT2D eigenvalue weighted by molar-refractivity contribution is -0.144. The van der Waals surface area contributed by atoms with Crippen molar-refractivity contribution in [3.8, 4) is 0 Å². The molecule has 0 aliphatic rings. The first-order chi connectivity index (χ1) is 8.43. The second kappa shape index (κ2) is 6.35. The first kappa shape index (κ1) is 14.4. The van der Waals surface area contributed by atoms with Crippen LogP contribution in [-0.2, 0) is 9.53 Å². The maximum atomic E-state index is 11.9. The van der Waals surface area contributed by atoms with Crippen LogP contribution in [0.25, 0.3) is 0 Å². The monoisotopic (exact) mass is 270 g/mol. The second-order valence-corrected chi connectivity index (χ2v) is 4.15. The van der Waals surface area contributed by atoms with E-state index in [0.29, 0.717) is 11.3 Å². The molecule has 5 nitrogen and oxygen atoms in total. The molecule has 0 aromatic carbocycles. The Morgan fingerprint density at radius 2 is 2.17 bits per heavy atom. The molecule has 1 aromatic rings. The Bertz CT molecular complexity index is 442. The number of hydrogen-bond acceptors (Lipinski definition) is 4. The van der Waals surface area contributed by atoms with Crippen molar-refractivity contribution in [2.75, 3.05) is 6.61 Å². The van der Waals surface area contributed by atoms with Gasteiger partial charge in [-0.05, 0) is 32.9 Å². The van der Waals surface area contributed by atoms with Gasteiger partial charge in [-0.25, -0.2) is 9.78 Å². The Hall–Kier alpha value is -1.62. The van der Waals surface area contributed by atoms with Crippen LogP contribution in [-0.4, -0.2) is 29.5 Å². The van der Waals surface area contributed by atoms with Crippen LogP contribution in [0.1, 0.15) is 29.9 Å². The molecule has 1 amide bonds. The van der Waals surface area contributed by atoms with Gasteiger partial charge in [0, 0.05) is 11.3 Å². The summed E-state index contributed by atoms with van der Waals surface area (Å²) >= 11 is 5.76. The molecule has 0 saturated carbocycles. The van der Waals surface area contributed by atoms with Gasteiger partial charge in [0.05, 0.1) is 6.61 Å². The number of aryl methyl sites for hydroxylation is 1. The van der Waals surface area contributed by atoms with Crippen LogP contribution in [0.15, 0.2) is 12.1 Å². The van der Waals surface area contributed by atoms with Crippen LogP contribution in [0, 0.1) is 6.92 Å². The minimum atomic E-state index is -0.704. The minimum absolute atomic E-state index is 0.240. The summed E-state index contributed by atoms with van der Waals surface area (Å²) in [6.45, 7) is 5.28. The van der Waals surface area contributed by atoms with Gasteiger partial charge in [-0.15, -0.1) is 0 Å². The molecule has 0 aliphatic heterocycles. The quantitative estimate of drug-likeness (QED) is 0.668. The third-order valence-electron chi connectivity index (χ3n) is 2.17. The first-order valence-electron chi connectivity index (χ1n) is 5.55. The topological polar surface area (TPSA) is 68.3 Å². The van der Waals surface area contributed by atoms with Crippen LogP contribution < -0.4 is 5.32 Å². The molecule has 18 heavy (non-hydrogen) atoms. The summed E-state index contributed by atoms with van der Waals surface area (Å²) in [5.41, 5.74) is 1.00. The highest BCUT2D eigenvalue weighted by molar-refractivity contribution is 6.29. The molecule has 0 aliphatic carbocycles. The van der Waals surface area contributed by atoms with Gasteiger partial charge in [0.25, 0.3) is 5.91 Å². The van der Waals surface area contributed by atoms with Crippen LogP contribution in [0.2, 0.25) is 5.15 Å². The molecule has 6 heteroatoms. The van der Waals surface area contributed by atoms with Crippen molar-refractivity contribution in [1.82, 2.24) is 10.3 Å². The first-order valence-corrected chi connectivity index (χ1v) is 5.93. The van der Waals surface area contributed by atoms with Crippen molar-refractivity contribution in [1.29, 1.82) is 0 Å². The van der Waals surface area contributed by atoms with Gasteiger partial charge in [-0.2, -0.15) is 0 Å². The van der Waals surface area contributed by atoms with E-state index in [1.54, 1.807) is 26.8 Å². The molecule has 0 radical (unpaired) electrons. The average molecular weight is 271 g/mol. The third kappa shape index (κ3) is 4.00. The molecule has 1 unspecified atom stereocenters. The summed E-state index contributed by atoms with van der Waals surface area (Å²) in [6, 6.07) is 2.34. The van der Waals surface area contributed by atoms with Crippen molar-refractivity contribution < 1.29 is 14.3 Å². The summed E-state index contributed by atoms with van der Waals surface area (Å²) in [6.07, 6.45) is 0. The predicted molar refractivity (Wildman–Crippen MR) is 67.5 cm³/mol. The van der Waals surface area contributed by atoms with Gasteiger partial charge in [0.2, 0.25) is 0 Å². The number of halogens is 1. The number of nitrogens with one attached hydrogen (secondary N) is 1. The van der Waals surface area contributed by atoms with Gasteiger partial charge in [0.1, 0.15) is 11.2 Å². The number of esters is 1. The number of rotatable bonds is 4. The highest BCUT2D eigenvalue weighted by Crippen LogP contribution is 2.10. The number of ether oxygens (including phenoxy) is 1. The number of carbonyl (C=O) groups is 2. The van der Waals surface area contributed by atoms with Crippen molar-refractivity contribution >= 4 is 23.5 Å². The van der Waals surface area contributed by atoms with Gasteiger partial charge in [-0.3, -0.25) is 4.79 Å². The average Bonchev–Trinajstić information content (AvgIpc) is 2.27. The number of carbonyl (C=O) groups excluding carboxylic acids is 2. The Balaban J connectivity index is 2.73.